The molecule has 1 unspecified atom stereocenters. The molecule has 0 spiro atoms. The van der Waals surface area contributed by atoms with Gasteiger partial charge in [0.1, 0.15) is 5.82 Å². The van der Waals surface area contributed by atoms with Crippen molar-refractivity contribution < 1.29 is 4.39 Å². The van der Waals surface area contributed by atoms with Gasteiger partial charge in [0.15, 0.2) is 4.96 Å². The molecule has 0 radical (unpaired) electrons. The van der Waals surface area contributed by atoms with Gasteiger partial charge in [-0.15, -0.1) is 11.3 Å². The van der Waals surface area contributed by atoms with Crippen molar-refractivity contribution >= 4 is 32.2 Å². The van der Waals surface area contributed by atoms with Crippen molar-refractivity contribution in [3.8, 4) is 0 Å². The van der Waals surface area contributed by atoms with Crippen LogP contribution in [-0.2, 0) is 6.42 Å². The van der Waals surface area contributed by atoms with Crippen LogP contribution in [0.25, 0.3) is 4.96 Å². The molecule has 2 aromatic heterocycles. The van der Waals surface area contributed by atoms with Gasteiger partial charge in [-0.2, -0.15) is 0 Å². The molecule has 104 valence electrons. The van der Waals surface area contributed by atoms with E-state index in [0.717, 1.165) is 10.7 Å². The SMILES string of the molecule is CNC(Cc1cn2ccsc2n1)c1cccc(Br)c1F. The van der Waals surface area contributed by atoms with E-state index in [-0.39, 0.29) is 11.9 Å². The van der Waals surface area contributed by atoms with Crippen LogP contribution in [-0.4, -0.2) is 16.4 Å². The number of benzene rings is 1. The van der Waals surface area contributed by atoms with Crippen LogP contribution in [0.1, 0.15) is 17.3 Å². The predicted octanol–water partition coefficient (Wildman–Crippen LogP) is 3.80. The molecule has 1 atom stereocenters. The lowest BCUT2D eigenvalue weighted by Crippen LogP contribution is -2.20. The first-order valence-corrected chi connectivity index (χ1v) is 7.88. The highest BCUT2D eigenvalue weighted by atomic mass is 79.9. The zero-order valence-corrected chi connectivity index (χ0v) is 13.2. The van der Waals surface area contributed by atoms with E-state index in [0.29, 0.717) is 16.5 Å². The van der Waals surface area contributed by atoms with Crippen molar-refractivity contribution in [2.45, 2.75) is 12.5 Å². The standard InChI is InChI=1S/C14H13BrFN3S/c1-17-12(10-3-2-4-11(15)13(10)16)7-9-8-19-5-6-20-14(19)18-9/h2-6,8,12,17H,7H2,1H3. The van der Waals surface area contributed by atoms with Crippen LogP contribution < -0.4 is 5.32 Å². The topological polar surface area (TPSA) is 29.3 Å². The van der Waals surface area contributed by atoms with E-state index in [4.69, 9.17) is 0 Å². The molecule has 20 heavy (non-hydrogen) atoms. The predicted molar refractivity (Wildman–Crippen MR) is 82.7 cm³/mol. The van der Waals surface area contributed by atoms with Crippen LogP contribution in [0.2, 0.25) is 0 Å². The van der Waals surface area contributed by atoms with Crippen molar-refractivity contribution in [1.82, 2.24) is 14.7 Å². The van der Waals surface area contributed by atoms with Gasteiger partial charge in [0.25, 0.3) is 0 Å². The summed E-state index contributed by atoms with van der Waals surface area (Å²) in [6.07, 6.45) is 4.62. The molecular formula is C14H13BrFN3S. The number of halogens is 2. The summed E-state index contributed by atoms with van der Waals surface area (Å²) in [5.74, 6) is -0.215. The summed E-state index contributed by atoms with van der Waals surface area (Å²) >= 11 is 4.82. The van der Waals surface area contributed by atoms with E-state index in [2.05, 4.69) is 26.2 Å². The van der Waals surface area contributed by atoms with Crippen LogP contribution in [0.3, 0.4) is 0 Å². The second-order valence-corrected chi connectivity index (χ2v) is 6.24. The second kappa shape index (κ2) is 5.63. The number of likely N-dealkylation sites (N-methyl/N-ethyl adjacent to an activating group) is 1. The van der Waals surface area contributed by atoms with Gasteiger partial charge in [-0.3, -0.25) is 4.40 Å². The summed E-state index contributed by atoms with van der Waals surface area (Å²) in [7, 11) is 1.84. The highest BCUT2D eigenvalue weighted by Gasteiger charge is 2.17. The number of rotatable bonds is 4. The monoisotopic (exact) mass is 353 g/mol. The lowest BCUT2D eigenvalue weighted by Gasteiger charge is -2.16. The van der Waals surface area contributed by atoms with Crippen LogP contribution in [0.15, 0.2) is 40.4 Å². The smallest absolute Gasteiger partial charge is 0.193 e. The molecule has 3 nitrogen and oxygen atoms in total. The zero-order chi connectivity index (χ0) is 14.1. The van der Waals surface area contributed by atoms with Crippen molar-refractivity contribution in [2.24, 2.45) is 0 Å². The van der Waals surface area contributed by atoms with Crippen molar-refractivity contribution in [1.29, 1.82) is 0 Å². The van der Waals surface area contributed by atoms with Crippen LogP contribution in [0, 0.1) is 5.82 Å². The maximum Gasteiger partial charge on any atom is 0.193 e. The molecule has 1 aromatic carbocycles. The molecule has 2 heterocycles. The first kappa shape index (κ1) is 13.7. The number of thiazole rings is 1. The Morgan fingerprint density at radius 2 is 2.35 bits per heavy atom. The molecule has 6 heteroatoms. The quantitative estimate of drug-likeness (QED) is 0.772. The van der Waals surface area contributed by atoms with Gasteiger partial charge in [0.05, 0.1) is 10.2 Å². The van der Waals surface area contributed by atoms with Crippen LogP contribution in [0.5, 0.6) is 0 Å². The molecule has 0 saturated heterocycles. The molecule has 0 aliphatic rings. The highest BCUT2D eigenvalue weighted by molar-refractivity contribution is 9.10. The molecule has 3 rings (SSSR count). The fourth-order valence-electron chi connectivity index (χ4n) is 2.24. The molecular weight excluding hydrogens is 341 g/mol. The Labute approximate surface area is 128 Å². The van der Waals surface area contributed by atoms with E-state index < -0.39 is 0 Å². The van der Waals surface area contributed by atoms with Gasteiger partial charge in [-0.25, -0.2) is 9.37 Å². The molecule has 0 aliphatic carbocycles. The lowest BCUT2D eigenvalue weighted by molar-refractivity contribution is 0.528. The second-order valence-electron chi connectivity index (χ2n) is 4.51. The molecule has 1 N–H and O–H groups in total. The molecule has 0 bridgehead atoms. The maximum absolute atomic E-state index is 14.2. The van der Waals surface area contributed by atoms with E-state index in [1.165, 1.54) is 0 Å². The molecule has 0 amide bonds. The minimum Gasteiger partial charge on any atom is -0.313 e. The number of fused-ring (bicyclic) bond motifs is 1. The van der Waals surface area contributed by atoms with E-state index >= 15 is 0 Å². The van der Waals surface area contributed by atoms with Gasteiger partial charge in [0, 0.05) is 35.8 Å². The van der Waals surface area contributed by atoms with Crippen LogP contribution in [0.4, 0.5) is 4.39 Å². The fraction of sp³-hybridized carbons (Fsp3) is 0.214. The molecule has 0 aliphatic heterocycles. The van der Waals surface area contributed by atoms with Gasteiger partial charge >= 0.3 is 0 Å². The average molecular weight is 354 g/mol. The third-order valence-electron chi connectivity index (χ3n) is 3.26. The molecule has 3 aromatic rings. The summed E-state index contributed by atoms with van der Waals surface area (Å²) in [4.78, 5) is 5.51. The zero-order valence-electron chi connectivity index (χ0n) is 10.8. The summed E-state index contributed by atoms with van der Waals surface area (Å²) < 4.78 is 16.7. The number of hydrogen-bond acceptors (Lipinski definition) is 3. The van der Waals surface area contributed by atoms with Crippen molar-refractivity contribution in [2.75, 3.05) is 7.05 Å². The summed E-state index contributed by atoms with van der Waals surface area (Å²) in [6, 6.07) is 5.26. The Kier molecular flexibility index (Phi) is 3.87. The molecule has 0 fully saturated rings. The van der Waals surface area contributed by atoms with E-state index in [9.17, 15) is 4.39 Å². The summed E-state index contributed by atoms with van der Waals surface area (Å²) in [5.41, 5.74) is 1.61. The fourth-order valence-corrected chi connectivity index (χ4v) is 3.34. The third-order valence-corrected chi connectivity index (χ3v) is 4.64. The van der Waals surface area contributed by atoms with Gasteiger partial charge in [0.2, 0.25) is 0 Å². The first-order valence-electron chi connectivity index (χ1n) is 6.21. The Bertz CT molecular complexity index is 708. The van der Waals surface area contributed by atoms with Crippen molar-refractivity contribution in [3.63, 3.8) is 0 Å². The Morgan fingerprint density at radius 1 is 1.50 bits per heavy atom. The number of nitrogens with zero attached hydrogens (tertiary/aromatic N) is 2. The Hall–Kier alpha value is -1.24. The average Bonchev–Trinajstić information content (AvgIpc) is 3.00. The normalized spacial score (nSPS) is 12.9. The van der Waals surface area contributed by atoms with Gasteiger partial charge in [-0.1, -0.05) is 12.1 Å². The molecule has 0 saturated carbocycles. The number of hydrogen-bond donors (Lipinski definition) is 1. The minimum atomic E-state index is -0.215. The van der Waals surface area contributed by atoms with Gasteiger partial charge in [-0.05, 0) is 29.0 Å². The number of aromatic nitrogens is 2. The largest absolute Gasteiger partial charge is 0.313 e. The lowest BCUT2D eigenvalue weighted by atomic mass is 10.0. The van der Waals surface area contributed by atoms with Crippen molar-refractivity contribution in [3.05, 3.63) is 57.5 Å². The number of imidazole rings is 1. The Balaban J connectivity index is 1.90. The number of nitrogens with one attached hydrogen (secondary N) is 1. The van der Waals surface area contributed by atoms with Crippen LogP contribution >= 0.6 is 27.3 Å². The first-order chi connectivity index (χ1) is 9.69. The minimum absolute atomic E-state index is 0.0999. The van der Waals surface area contributed by atoms with E-state index in [1.54, 1.807) is 23.5 Å². The highest BCUT2D eigenvalue weighted by Crippen LogP contribution is 2.26. The van der Waals surface area contributed by atoms with Gasteiger partial charge < -0.3 is 5.32 Å². The summed E-state index contributed by atoms with van der Waals surface area (Å²) in [6.45, 7) is 0. The summed E-state index contributed by atoms with van der Waals surface area (Å²) in [5, 5.41) is 5.16. The van der Waals surface area contributed by atoms with E-state index in [1.807, 2.05) is 35.3 Å². The maximum atomic E-state index is 14.2. The third kappa shape index (κ3) is 2.51. The Morgan fingerprint density at radius 3 is 3.10 bits per heavy atom.